The third kappa shape index (κ3) is 2.43. The molecule has 0 aromatic heterocycles. The Kier molecular flexibility index (Phi) is 4.49. The van der Waals surface area contributed by atoms with Crippen LogP contribution in [-0.2, 0) is 9.59 Å². The van der Waals surface area contributed by atoms with Crippen molar-refractivity contribution >= 4 is 64.0 Å². The maximum absolute atomic E-state index is 12.5. The van der Waals surface area contributed by atoms with Crippen LogP contribution in [0.1, 0.15) is 13.8 Å². The van der Waals surface area contributed by atoms with E-state index in [0.29, 0.717) is 0 Å². The van der Waals surface area contributed by atoms with Crippen molar-refractivity contribution < 1.29 is 14.3 Å². The lowest BCUT2D eigenvalue weighted by atomic mass is 10.0. The van der Waals surface area contributed by atoms with Gasteiger partial charge in [-0.1, -0.05) is 35.3 Å². The Balaban J connectivity index is 2.74. The predicted octanol–water partition coefficient (Wildman–Crippen LogP) is 3.78. The van der Waals surface area contributed by atoms with Crippen molar-refractivity contribution in [1.82, 2.24) is 4.00 Å². The standard InChI is InChI=1S/C13H12Cl4NO3/c1-7(19)10-13(2,16)18(17,12(20)11(14)15)8-5-3-4-6-9(8)21-10/h3-6,10-11H,1-2H3/q+1. The largest absolute Gasteiger partial charge is 0.468 e. The van der Waals surface area contributed by atoms with Crippen LogP contribution in [0.4, 0.5) is 5.69 Å². The summed E-state index contributed by atoms with van der Waals surface area (Å²) in [5.74, 6) is -0.827. The number of carbonyl (C=O) groups is 2. The number of hydrogen-bond acceptors (Lipinski definition) is 3. The first-order chi connectivity index (χ1) is 9.64. The fourth-order valence-corrected chi connectivity index (χ4v) is 3.46. The normalized spacial score (nSPS) is 31.5. The number of ketones is 1. The molecule has 2 rings (SSSR count). The Bertz CT molecular complexity index is 605. The highest BCUT2D eigenvalue weighted by molar-refractivity contribution is 6.57. The van der Waals surface area contributed by atoms with Gasteiger partial charge in [0.2, 0.25) is 21.6 Å². The molecule has 0 bridgehead atoms. The SMILES string of the molecule is CC(=O)C1Oc2ccccc2[N+](Cl)(C(=O)C(Cl)Cl)C1(C)Cl. The predicted molar refractivity (Wildman–Crippen MR) is 83.9 cm³/mol. The molecular formula is C13H12Cl4NO3+. The van der Waals surface area contributed by atoms with Gasteiger partial charge in [-0.15, -0.1) is 4.00 Å². The highest BCUT2D eigenvalue weighted by Gasteiger charge is 2.66. The molecule has 0 N–H and O–H groups in total. The number of nitrogens with zero attached hydrogens (tertiary/aromatic N) is 1. The second-order valence-corrected chi connectivity index (χ2v) is 7.20. The van der Waals surface area contributed by atoms with E-state index in [0.717, 1.165) is 0 Å². The minimum Gasteiger partial charge on any atom is -0.468 e. The van der Waals surface area contributed by atoms with Crippen molar-refractivity contribution in [2.45, 2.75) is 29.8 Å². The van der Waals surface area contributed by atoms with Crippen LogP contribution in [0, 0.1) is 0 Å². The van der Waals surface area contributed by atoms with Crippen LogP contribution in [0.3, 0.4) is 0 Å². The van der Waals surface area contributed by atoms with E-state index in [1.54, 1.807) is 24.3 Å². The Morgan fingerprint density at radius 1 is 1.33 bits per heavy atom. The molecule has 114 valence electrons. The topological polar surface area (TPSA) is 43.4 Å². The van der Waals surface area contributed by atoms with Gasteiger partial charge in [0.05, 0.1) is 0 Å². The molecule has 4 nitrogen and oxygen atoms in total. The summed E-state index contributed by atoms with van der Waals surface area (Å²) in [5, 5.41) is 0. The molecule has 1 aliphatic rings. The molecule has 0 saturated carbocycles. The van der Waals surface area contributed by atoms with Crippen LogP contribution in [0.2, 0.25) is 0 Å². The van der Waals surface area contributed by atoms with Gasteiger partial charge in [0, 0.05) is 13.0 Å². The molecule has 1 aliphatic heterocycles. The van der Waals surface area contributed by atoms with E-state index in [9.17, 15) is 9.59 Å². The van der Waals surface area contributed by atoms with E-state index in [4.69, 9.17) is 51.3 Å². The number of carbonyl (C=O) groups excluding carboxylic acids is 2. The molecule has 0 fully saturated rings. The van der Waals surface area contributed by atoms with E-state index >= 15 is 0 Å². The number of rotatable bonds is 2. The third-order valence-electron chi connectivity index (χ3n) is 3.38. The highest BCUT2D eigenvalue weighted by Crippen LogP contribution is 2.51. The molecule has 8 heteroatoms. The zero-order chi connectivity index (χ0) is 16.0. The van der Waals surface area contributed by atoms with Crippen LogP contribution in [0.25, 0.3) is 0 Å². The fourth-order valence-electron chi connectivity index (χ4n) is 2.37. The van der Waals surface area contributed by atoms with Gasteiger partial charge in [-0.2, -0.15) is 0 Å². The van der Waals surface area contributed by atoms with Crippen molar-refractivity contribution in [2.24, 2.45) is 0 Å². The average Bonchev–Trinajstić information content (AvgIpc) is 2.41. The molecule has 0 aliphatic carbocycles. The first kappa shape index (κ1) is 16.8. The Morgan fingerprint density at radius 3 is 2.43 bits per heavy atom. The summed E-state index contributed by atoms with van der Waals surface area (Å²) < 4.78 is 4.66. The van der Waals surface area contributed by atoms with Crippen LogP contribution in [-0.4, -0.2) is 27.6 Å². The van der Waals surface area contributed by atoms with Gasteiger partial charge in [0.15, 0.2) is 23.3 Å². The molecule has 0 radical (unpaired) electrons. The average molecular weight is 372 g/mol. The fraction of sp³-hybridized carbons (Fsp3) is 0.385. The quantitative estimate of drug-likeness (QED) is 0.451. The van der Waals surface area contributed by atoms with Gasteiger partial charge in [-0.25, -0.2) is 4.79 Å². The minimum atomic E-state index is -1.60. The number of halogens is 4. The number of hydrogen-bond donors (Lipinski definition) is 0. The van der Waals surface area contributed by atoms with Gasteiger partial charge in [0.25, 0.3) is 0 Å². The number of amides is 1. The summed E-state index contributed by atoms with van der Waals surface area (Å²) in [5.41, 5.74) is 0.283. The van der Waals surface area contributed by atoms with Crippen molar-refractivity contribution in [3.05, 3.63) is 24.3 Å². The summed E-state index contributed by atoms with van der Waals surface area (Å²) in [4.78, 5) is 21.3. The Morgan fingerprint density at radius 2 is 1.90 bits per heavy atom. The molecule has 1 aromatic rings. The van der Waals surface area contributed by atoms with Crippen LogP contribution in [0.15, 0.2) is 24.3 Å². The van der Waals surface area contributed by atoms with Gasteiger partial charge in [-0.05, 0) is 24.6 Å². The molecule has 1 aromatic carbocycles. The number of fused-ring (bicyclic) bond motifs is 1. The Hall–Kier alpha value is -0.520. The number of quaternary nitrogens is 1. The zero-order valence-electron chi connectivity index (χ0n) is 11.1. The van der Waals surface area contributed by atoms with Gasteiger partial charge < -0.3 is 4.74 Å². The molecule has 0 saturated heterocycles. The summed E-state index contributed by atoms with van der Waals surface area (Å²) >= 11 is 24.4. The highest BCUT2D eigenvalue weighted by atomic mass is 35.5. The summed E-state index contributed by atoms with van der Waals surface area (Å²) in [6.45, 7) is 2.75. The lowest BCUT2D eigenvalue weighted by molar-refractivity contribution is -0.134. The van der Waals surface area contributed by atoms with Gasteiger partial charge >= 0.3 is 5.91 Å². The van der Waals surface area contributed by atoms with Crippen LogP contribution < -0.4 is 8.74 Å². The summed E-state index contributed by atoms with van der Waals surface area (Å²) in [6, 6.07) is 6.53. The second-order valence-electron chi connectivity index (χ2n) is 4.83. The van der Waals surface area contributed by atoms with Crippen molar-refractivity contribution in [3.63, 3.8) is 0 Å². The van der Waals surface area contributed by atoms with E-state index in [2.05, 4.69) is 0 Å². The third-order valence-corrected chi connectivity index (χ3v) is 4.99. The molecule has 3 atom stereocenters. The number of para-hydroxylation sites is 2. The van der Waals surface area contributed by atoms with E-state index in [1.165, 1.54) is 13.8 Å². The van der Waals surface area contributed by atoms with Gasteiger partial charge in [0.1, 0.15) is 0 Å². The summed E-state index contributed by atoms with van der Waals surface area (Å²) in [6.07, 6.45) is -1.12. The molecule has 1 heterocycles. The van der Waals surface area contributed by atoms with E-state index < -0.39 is 25.8 Å². The molecule has 3 unspecified atom stereocenters. The van der Waals surface area contributed by atoms with Crippen LogP contribution in [0.5, 0.6) is 5.75 Å². The minimum absolute atomic E-state index is 0.283. The first-order valence-electron chi connectivity index (χ1n) is 6.01. The molecular weight excluding hydrogens is 360 g/mol. The first-order valence-corrected chi connectivity index (χ1v) is 7.60. The smallest absolute Gasteiger partial charge is 0.371 e. The number of Topliss-reactive ketones (excluding diaryl/α,β-unsaturated/α-hetero) is 1. The second kappa shape index (κ2) is 5.60. The van der Waals surface area contributed by atoms with Gasteiger partial charge in [-0.3, -0.25) is 4.79 Å². The van der Waals surface area contributed by atoms with E-state index in [1.807, 2.05) is 0 Å². The maximum Gasteiger partial charge on any atom is 0.371 e. The lowest BCUT2D eigenvalue weighted by Crippen LogP contribution is -2.69. The summed E-state index contributed by atoms with van der Waals surface area (Å²) in [7, 11) is 0. The Labute approximate surface area is 142 Å². The van der Waals surface area contributed by atoms with Crippen molar-refractivity contribution in [2.75, 3.05) is 0 Å². The van der Waals surface area contributed by atoms with Crippen LogP contribution >= 0.6 is 46.6 Å². The van der Waals surface area contributed by atoms with Crippen molar-refractivity contribution in [3.8, 4) is 5.75 Å². The number of benzene rings is 1. The molecule has 0 spiro atoms. The van der Waals surface area contributed by atoms with Crippen molar-refractivity contribution in [1.29, 1.82) is 0 Å². The molecule has 1 amide bonds. The number of alkyl halides is 3. The lowest BCUT2D eigenvalue weighted by Gasteiger charge is -2.45. The zero-order valence-corrected chi connectivity index (χ0v) is 14.2. The molecule has 21 heavy (non-hydrogen) atoms. The monoisotopic (exact) mass is 370 g/mol. The number of ether oxygens (including phenoxy) is 1. The van der Waals surface area contributed by atoms with E-state index in [-0.39, 0.29) is 17.2 Å². The maximum atomic E-state index is 12.5.